The fourth-order valence-corrected chi connectivity index (χ4v) is 1.80. The third-order valence-corrected chi connectivity index (χ3v) is 2.69. The topological polar surface area (TPSA) is 49.3 Å². The van der Waals surface area contributed by atoms with Crippen LogP contribution in [0.2, 0.25) is 0 Å². The summed E-state index contributed by atoms with van der Waals surface area (Å²) in [6.45, 7) is 5.60. The summed E-state index contributed by atoms with van der Waals surface area (Å²) in [7, 11) is 0. The normalized spacial score (nSPS) is 14.4. The number of nitrogens with one attached hydrogen (secondary N) is 1. The van der Waals surface area contributed by atoms with E-state index in [9.17, 15) is 9.90 Å². The molecule has 0 aliphatic heterocycles. The van der Waals surface area contributed by atoms with Gasteiger partial charge in [0.05, 0.1) is 6.10 Å². The van der Waals surface area contributed by atoms with Gasteiger partial charge in [-0.15, -0.1) is 0 Å². The number of aliphatic hydroxyl groups is 1. The summed E-state index contributed by atoms with van der Waals surface area (Å²) >= 11 is 0. The van der Waals surface area contributed by atoms with Gasteiger partial charge in [-0.1, -0.05) is 24.3 Å². The lowest BCUT2D eigenvalue weighted by Crippen LogP contribution is -2.33. The Hall–Kier alpha value is -1.61. The third-order valence-electron chi connectivity index (χ3n) is 2.69. The molecule has 0 heterocycles. The standard InChI is InChI=1S/C15H21NO2/c1-11-6-4-5-7-14(11)8-9-15(18)16-12(2)10-13(3)17/h4-9,12-13,17H,10H2,1-3H3,(H,16,18)/b9-8+. The molecule has 1 rings (SSSR count). The molecule has 1 aromatic rings. The van der Waals surface area contributed by atoms with Gasteiger partial charge < -0.3 is 10.4 Å². The average Bonchev–Trinajstić information content (AvgIpc) is 2.26. The van der Waals surface area contributed by atoms with Crippen molar-refractivity contribution in [3.05, 3.63) is 41.5 Å². The number of aliphatic hydroxyl groups excluding tert-OH is 1. The number of hydrogen-bond donors (Lipinski definition) is 2. The van der Waals surface area contributed by atoms with E-state index < -0.39 is 6.10 Å². The summed E-state index contributed by atoms with van der Waals surface area (Å²) in [6, 6.07) is 7.86. The molecule has 0 radical (unpaired) electrons. The zero-order valence-electron chi connectivity index (χ0n) is 11.2. The lowest BCUT2D eigenvalue weighted by atomic mass is 10.1. The number of hydrogen-bond acceptors (Lipinski definition) is 2. The lowest BCUT2D eigenvalue weighted by molar-refractivity contribution is -0.117. The van der Waals surface area contributed by atoms with E-state index >= 15 is 0 Å². The molecule has 0 aromatic heterocycles. The summed E-state index contributed by atoms with van der Waals surface area (Å²) < 4.78 is 0. The highest BCUT2D eigenvalue weighted by Gasteiger charge is 2.07. The van der Waals surface area contributed by atoms with Crippen LogP contribution in [-0.2, 0) is 4.79 Å². The molecular weight excluding hydrogens is 226 g/mol. The van der Waals surface area contributed by atoms with E-state index in [1.165, 1.54) is 6.08 Å². The van der Waals surface area contributed by atoms with Crippen LogP contribution in [0.5, 0.6) is 0 Å². The molecule has 0 aliphatic carbocycles. The Morgan fingerprint density at radius 3 is 2.67 bits per heavy atom. The molecule has 0 spiro atoms. The number of aryl methyl sites for hydroxylation is 1. The van der Waals surface area contributed by atoms with E-state index in [0.717, 1.165) is 11.1 Å². The number of carbonyl (C=O) groups excluding carboxylic acids is 1. The van der Waals surface area contributed by atoms with Crippen LogP contribution in [0.25, 0.3) is 6.08 Å². The van der Waals surface area contributed by atoms with Gasteiger partial charge in [0.2, 0.25) is 5.91 Å². The first-order chi connectivity index (χ1) is 8.49. The maximum Gasteiger partial charge on any atom is 0.244 e. The maximum atomic E-state index is 11.6. The minimum absolute atomic E-state index is 0.0287. The van der Waals surface area contributed by atoms with Gasteiger partial charge in [-0.2, -0.15) is 0 Å². The van der Waals surface area contributed by atoms with Gasteiger partial charge >= 0.3 is 0 Å². The second-order valence-electron chi connectivity index (χ2n) is 4.68. The second kappa shape index (κ2) is 6.97. The molecule has 0 bridgehead atoms. The highest BCUT2D eigenvalue weighted by molar-refractivity contribution is 5.92. The second-order valence-corrected chi connectivity index (χ2v) is 4.68. The van der Waals surface area contributed by atoms with Crippen LogP contribution >= 0.6 is 0 Å². The fraction of sp³-hybridized carbons (Fsp3) is 0.400. The summed E-state index contributed by atoms with van der Waals surface area (Å²) in [4.78, 5) is 11.6. The highest BCUT2D eigenvalue weighted by Crippen LogP contribution is 2.08. The summed E-state index contributed by atoms with van der Waals surface area (Å²) in [5.41, 5.74) is 2.18. The Labute approximate surface area is 109 Å². The van der Waals surface area contributed by atoms with Gasteiger partial charge in [-0.05, 0) is 44.4 Å². The van der Waals surface area contributed by atoms with Crippen molar-refractivity contribution in [2.45, 2.75) is 39.3 Å². The van der Waals surface area contributed by atoms with Crippen molar-refractivity contribution < 1.29 is 9.90 Å². The Bertz CT molecular complexity index is 424. The molecule has 0 saturated carbocycles. The third kappa shape index (κ3) is 5.15. The molecule has 3 heteroatoms. The Morgan fingerprint density at radius 1 is 1.39 bits per heavy atom. The number of carbonyl (C=O) groups is 1. The highest BCUT2D eigenvalue weighted by atomic mass is 16.3. The molecule has 0 fully saturated rings. The summed E-state index contributed by atoms with van der Waals surface area (Å²) in [5.74, 6) is -0.133. The van der Waals surface area contributed by atoms with E-state index in [2.05, 4.69) is 5.32 Å². The van der Waals surface area contributed by atoms with Crippen LogP contribution in [0.1, 0.15) is 31.4 Å². The molecular formula is C15H21NO2. The van der Waals surface area contributed by atoms with E-state index in [-0.39, 0.29) is 11.9 Å². The first-order valence-electron chi connectivity index (χ1n) is 6.21. The molecule has 2 atom stereocenters. The number of benzene rings is 1. The van der Waals surface area contributed by atoms with Crippen LogP contribution in [0, 0.1) is 6.92 Å². The van der Waals surface area contributed by atoms with Crippen molar-refractivity contribution in [1.82, 2.24) is 5.32 Å². The van der Waals surface area contributed by atoms with Crippen molar-refractivity contribution in [2.75, 3.05) is 0 Å². The predicted octanol–water partition coefficient (Wildman–Crippen LogP) is 2.28. The first kappa shape index (κ1) is 14.5. The molecule has 3 nitrogen and oxygen atoms in total. The Kier molecular flexibility index (Phi) is 5.59. The van der Waals surface area contributed by atoms with Crippen molar-refractivity contribution in [1.29, 1.82) is 0 Å². The quantitative estimate of drug-likeness (QED) is 0.784. The van der Waals surface area contributed by atoms with E-state index in [1.807, 2.05) is 38.1 Å². The molecule has 0 aliphatic rings. The van der Waals surface area contributed by atoms with Gasteiger partial charge in [0, 0.05) is 12.1 Å². The van der Waals surface area contributed by atoms with Gasteiger partial charge in [0.15, 0.2) is 0 Å². The van der Waals surface area contributed by atoms with Crippen molar-refractivity contribution in [3.8, 4) is 0 Å². The van der Waals surface area contributed by atoms with E-state index in [0.29, 0.717) is 6.42 Å². The minimum atomic E-state index is -0.402. The van der Waals surface area contributed by atoms with Crippen molar-refractivity contribution in [3.63, 3.8) is 0 Å². The zero-order chi connectivity index (χ0) is 13.5. The smallest absolute Gasteiger partial charge is 0.244 e. The Balaban J connectivity index is 2.52. The van der Waals surface area contributed by atoms with E-state index in [1.54, 1.807) is 13.0 Å². The molecule has 18 heavy (non-hydrogen) atoms. The minimum Gasteiger partial charge on any atom is -0.393 e. The molecule has 1 aromatic carbocycles. The molecule has 2 N–H and O–H groups in total. The van der Waals surface area contributed by atoms with Crippen molar-refractivity contribution >= 4 is 12.0 Å². The van der Waals surface area contributed by atoms with E-state index in [4.69, 9.17) is 0 Å². The van der Waals surface area contributed by atoms with Crippen LogP contribution in [-0.4, -0.2) is 23.2 Å². The molecule has 2 unspecified atom stereocenters. The van der Waals surface area contributed by atoms with Gasteiger partial charge in [0.25, 0.3) is 0 Å². The average molecular weight is 247 g/mol. The molecule has 1 amide bonds. The summed E-state index contributed by atoms with van der Waals surface area (Å²) in [6.07, 6.45) is 3.49. The largest absolute Gasteiger partial charge is 0.393 e. The van der Waals surface area contributed by atoms with Gasteiger partial charge in [0.1, 0.15) is 0 Å². The van der Waals surface area contributed by atoms with Crippen LogP contribution in [0.4, 0.5) is 0 Å². The number of amides is 1. The maximum absolute atomic E-state index is 11.6. The lowest BCUT2D eigenvalue weighted by Gasteiger charge is -2.13. The van der Waals surface area contributed by atoms with Crippen LogP contribution < -0.4 is 5.32 Å². The predicted molar refractivity (Wildman–Crippen MR) is 74.1 cm³/mol. The SMILES string of the molecule is Cc1ccccc1/C=C/C(=O)NC(C)CC(C)O. The fourth-order valence-electron chi connectivity index (χ4n) is 1.80. The van der Waals surface area contributed by atoms with Crippen LogP contribution in [0.3, 0.4) is 0 Å². The number of rotatable bonds is 5. The summed E-state index contributed by atoms with van der Waals surface area (Å²) in [5, 5.41) is 12.0. The van der Waals surface area contributed by atoms with Gasteiger partial charge in [-0.25, -0.2) is 0 Å². The Morgan fingerprint density at radius 2 is 2.06 bits per heavy atom. The molecule has 98 valence electrons. The van der Waals surface area contributed by atoms with Crippen LogP contribution in [0.15, 0.2) is 30.3 Å². The van der Waals surface area contributed by atoms with Crippen molar-refractivity contribution in [2.24, 2.45) is 0 Å². The monoisotopic (exact) mass is 247 g/mol. The van der Waals surface area contributed by atoms with Gasteiger partial charge in [-0.3, -0.25) is 4.79 Å². The first-order valence-corrected chi connectivity index (χ1v) is 6.21. The zero-order valence-corrected chi connectivity index (χ0v) is 11.2. The molecule has 0 saturated heterocycles.